The highest BCUT2D eigenvalue weighted by molar-refractivity contribution is 9.10. The highest BCUT2D eigenvalue weighted by atomic mass is 79.9. The average Bonchev–Trinajstić information content (AvgIpc) is 3.28. The smallest absolute Gasteiger partial charge is 0.192 e. The maximum atomic E-state index is 5.58. The van der Waals surface area contributed by atoms with Crippen molar-refractivity contribution >= 4 is 48.8 Å². The molecule has 1 aliphatic rings. The Labute approximate surface area is 199 Å². The molecule has 3 aromatic heterocycles. The summed E-state index contributed by atoms with van der Waals surface area (Å²) in [6.07, 6.45) is 2.72. The van der Waals surface area contributed by atoms with Crippen LogP contribution in [0.1, 0.15) is 56.4 Å². The summed E-state index contributed by atoms with van der Waals surface area (Å²) >= 11 is 5.22. The van der Waals surface area contributed by atoms with E-state index in [0.29, 0.717) is 5.82 Å². The van der Waals surface area contributed by atoms with Crippen LogP contribution < -0.4 is 5.32 Å². The molecule has 32 heavy (non-hydrogen) atoms. The van der Waals surface area contributed by atoms with Gasteiger partial charge in [-0.05, 0) is 57.9 Å². The summed E-state index contributed by atoms with van der Waals surface area (Å²) in [7, 11) is 0. The fraction of sp³-hybridized carbons (Fsp3) is 0.391. The van der Waals surface area contributed by atoms with E-state index in [0.717, 1.165) is 38.0 Å². The number of thiophene rings is 1. The van der Waals surface area contributed by atoms with Crippen molar-refractivity contribution < 1.29 is 10.2 Å². The van der Waals surface area contributed by atoms with E-state index in [1.54, 1.807) is 22.2 Å². The number of hydrogen-bond acceptors (Lipinski definition) is 6. The van der Waals surface area contributed by atoms with E-state index in [9.17, 15) is 0 Å². The third kappa shape index (κ3) is 3.82. The molecule has 0 spiro atoms. The van der Waals surface area contributed by atoms with Gasteiger partial charge in [0.1, 0.15) is 16.7 Å². The quantitative estimate of drug-likeness (QED) is 0.327. The summed E-state index contributed by atoms with van der Waals surface area (Å²) in [5, 5.41) is 12.4. The van der Waals surface area contributed by atoms with E-state index in [1.165, 1.54) is 10.4 Å². The minimum absolute atomic E-state index is 0.00463. The molecular weight excluding hydrogens is 488 g/mol. The fourth-order valence-electron chi connectivity index (χ4n) is 4.73. The van der Waals surface area contributed by atoms with Crippen LogP contribution in [-0.4, -0.2) is 30.8 Å². The second kappa shape index (κ2) is 7.60. The van der Waals surface area contributed by atoms with Crippen LogP contribution in [-0.2, 0) is 23.4 Å². The Bertz CT molecular complexity index is 1350. The third-order valence-electron chi connectivity index (χ3n) is 5.80. The lowest BCUT2D eigenvalue weighted by Crippen LogP contribution is -3.03. The van der Waals surface area contributed by atoms with Gasteiger partial charge in [0.05, 0.1) is 21.5 Å². The molecule has 0 saturated carbocycles. The van der Waals surface area contributed by atoms with Crippen molar-refractivity contribution in [1.82, 2.24) is 19.6 Å². The summed E-state index contributed by atoms with van der Waals surface area (Å²) in [5.74, 6) is 0.590. The van der Waals surface area contributed by atoms with Gasteiger partial charge in [0.15, 0.2) is 18.1 Å². The Morgan fingerprint density at radius 1 is 1.25 bits per heavy atom. The normalized spacial score (nSPS) is 17.6. The number of hydrogen-bond donors (Lipinski definition) is 1. The van der Waals surface area contributed by atoms with Crippen LogP contribution in [0.2, 0.25) is 0 Å². The minimum Gasteiger partial charge on any atom is -0.387 e. The summed E-state index contributed by atoms with van der Waals surface area (Å²) in [4.78, 5) is 17.5. The summed E-state index contributed by atoms with van der Waals surface area (Å²) in [6, 6.07) is 7.96. The average molecular weight is 514 g/mol. The Kier molecular flexibility index (Phi) is 5.11. The van der Waals surface area contributed by atoms with E-state index in [2.05, 4.69) is 64.2 Å². The molecule has 0 aliphatic carbocycles. The largest absolute Gasteiger partial charge is 0.387 e. The third-order valence-corrected chi connectivity index (χ3v) is 7.81. The van der Waals surface area contributed by atoms with Crippen molar-refractivity contribution in [3.63, 3.8) is 0 Å². The molecule has 1 aromatic carbocycles. The molecule has 4 heterocycles. The van der Waals surface area contributed by atoms with Crippen molar-refractivity contribution in [3.8, 4) is 0 Å². The van der Waals surface area contributed by atoms with E-state index in [-0.39, 0.29) is 17.7 Å². The van der Waals surface area contributed by atoms with Crippen LogP contribution in [0.5, 0.6) is 0 Å². The van der Waals surface area contributed by atoms with Gasteiger partial charge in [-0.15, -0.1) is 16.4 Å². The molecule has 166 valence electrons. The van der Waals surface area contributed by atoms with Crippen LogP contribution in [0.25, 0.3) is 15.9 Å². The Morgan fingerprint density at radius 2 is 2.00 bits per heavy atom. The van der Waals surface area contributed by atoms with Crippen molar-refractivity contribution in [3.05, 3.63) is 56.9 Å². The van der Waals surface area contributed by atoms with Crippen molar-refractivity contribution in [2.24, 2.45) is 5.16 Å². The first-order chi connectivity index (χ1) is 15.1. The van der Waals surface area contributed by atoms with Gasteiger partial charge in [0, 0.05) is 10.9 Å². The lowest BCUT2D eigenvalue weighted by molar-refractivity contribution is -0.789. The van der Waals surface area contributed by atoms with Crippen LogP contribution in [0.3, 0.4) is 0 Å². The molecule has 0 atom stereocenters. The topological polar surface area (TPSA) is 81.3 Å². The van der Waals surface area contributed by atoms with Gasteiger partial charge in [0.25, 0.3) is 0 Å². The standard InChI is InChI=1S/C23H25BrN6OS/c1-13(14-6-8-15(24)9-7-14)28-31-11-17-26-20-18-16-10-22(2,3)29-23(4,5)19(16)32-21(18)25-12-30(20)27-17/h6-9,12,29H,10-11H2,1-5H3/p+1/b28-13+. The number of halogens is 1. The van der Waals surface area contributed by atoms with Gasteiger partial charge in [-0.2, -0.15) is 0 Å². The van der Waals surface area contributed by atoms with E-state index in [1.807, 2.05) is 31.2 Å². The highest BCUT2D eigenvalue weighted by Crippen LogP contribution is 2.41. The molecule has 4 aromatic rings. The second-order valence-corrected chi connectivity index (χ2v) is 11.5. The predicted molar refractivity (Wildman–Crippen MR) is 130 cm³/mol. The number of aromatic nitrogens is 4. The molecule has 1 aliphatic heterocycles. The molecule has 0 saturated heterocycles. The molecule has 9 heteroatoms. The Hall–Kier alpha value is -2.36. The van der Waals surface area contributed by atoms with E-state index in [4.69, 9.17) is 9.82 Å². The maximum absolute atomic E-state index is 5.58. The Morgan fingerprint density at radius 3 is 2.75 bits per heavy atom. The molecule has 0 bridgehead atoms. The van der Waals surface area contributed by atoms with Gasteiger partial charge in [-0.3, -0.25) is 0 Å². The number of rotatable bonds is 4. The lowest BCUT2D eigenvalue weighted by atomic mass is 9.82. The number of oxime groups is 1. The molecule has 7 nitrogen and oxygen atoms in total. The van der Waals surface area contributed by atoms with Crippen molar-refractivity contribution in [2.75, 3.05) is 0 Å². The summed E-state index contributed by atoms with van der Waals surface area (Å²) in [6.45, 7) is 11.3. The second-order valence-electron chi connectivity index (χ2n) is 9.62. The van der Waals surface area contributed by atoms with Crippen molar-refractivity contribution in [1.29, 1.82) is 0 Å². The number of fused-ring (bicyclic) bond motifs is 5. The number of nitrogens with zero attached hydrogens (tertiary/aromatic N) is 5. The number of quaternary nitrogens is 1. The lowest BCUT2D eigenvalue weighted by Gasteiger charge is -2.38. The fourth-order valence-corrected chi connectivity index (χ4v) is 6.22. The molecule has 0 fully saturated rings. The molecule has 0 amide bonds. The van der Waals surface area contributed by atoms with Gasteiger partial charge in [0.2, 0.25) is 0 Å². The summed E-state index contributed by atoms with van der Waals surface area (Å²) < 4.78 is 2.79. The van der Waals surface area contributed by atoms with Gasteiger partial charge >= 0.3 is 0 Å². The summed E-state index contributed by atoms with van der Waals surface area (Å²) in [5.41, 5.74) is 4.12. The zero-order valence-electron chi connectivity index (χ0n) is 18.8. The van der Waals surface area contributed by atoms with E-state index < -0.39 is 0 Å². The number of benzene rings is 1. The van der Waals surface area contributed by atoms with Gasteiger partial charge < -0.3 is 10.2 Å². The molecule has 0 radical (unpaired) electrons. The van der Waals surface area contributed by atoms with Crippen LogP contribution in [0, 0.1) is 0 Å². The van der Waals surface area contributed by atoms with E-state index >= 15 is 0 Å². The maximum Gasteiger partial charge on any atom is 0.192 e. The van der Waals surface area contributed by atoms with Crippen LogP contribution in [0.4, 0.5) is 0 Å². The predicted octanol–water partition coefficient (Wildman–Crippen LogP) is 4.18. The van der Waals surface area contributed by atoms with Gasteiger partial charge in [-0.25, -0.2) is 14.5 Å². The molecule has 5 rings (SSSR count). The number of nitrogens with two attached hydrogens (primary N) is 1. The SMILES string of the molecule is C/C(=N\OCc1nc2c3c4c(sc3ncn2n1)C(C)(C)[NH2+]C(C)(C)C4)c1ccc(Br)cc1. The van der Waals surface area contributed by atoms with Crippen molar-refractivity contribution in [2.45, 2.75) is 58.7 Å². The zero-order chi connectivity index (χ0) is 22.7. The zero-order valence-corrected chi connectivity index (χ0v) is 21.2. The first-order valence-corrected chi connectivity index (χ1v) is 12.2. The highest BCUT2D eigenvalue weighted by Gasteiger charge is 2.43. The van der Waals surface area contributed by atoms with Crippen LogP contribution >= 0.6 is 27.3 Å². The monoisotopic (exact) mass is 513 g/mol. The minimum atomic E-state index is 0.00463. The molecular formula is C23H26BrN6OS+. The molecule has 0 unspecified atom stereocenters. The first kappa shape index (κ1) is 21.5. The Balaban J connectivity index is 1.47. The van der Waals surface area contributed by atoms with Gasteiger partial charge in [-0.1, -0.05) is 33.2 Å². The first-order valence-electron chi connectivity index (χ1n) is 10.6. The van der Waals surface area contributed by atoms with Crippen LogP contribution in [0.15, 0.2) is 40.2 Å². The molecule has 2 N–H and O–H groups in total.